The fraction of sp³-hybridized carbons (Fsp3) is 0.548. The van der Waals surface area contributed by atoms with Gasteiger partial charge in [0.2, 0.25) is 11.8 Å². The molecule has 1 aliphatic heterocycles. The maximum Gasteiger partial charge on any atom is 0.230 e. The summed E-state index contributed by atoms with van der Waals surface area (Å²) in [5.41, 5.74) is 3.59. The van der Waals surface area contributed by atoms with E-state index in [2.05, 4.69) is 34.6 Å². The first kappa shape index (κ1) is 28.6. The van der Waals surface area contributed by atoms with E-state index in [-0.39, 0.29) is 23.5 Å². The molecule has 206 valence electrons. The zero-order chi connectivity index (χ0) is 27.3. The van der Waals surface area contributed by atoms with Crippen LogP contribution in [-0.4, -0.2) is 42.9 Å². The molecule has 1 saturated heterocycles. The van der Waals surface area contributed by atoms with Crippen LogP contribution in [0.5, 0.6) is 0 Å². The number of hydrogen-bond donors (Lipinski definition) is 2. The predicted octanol–water partition coefficient (Wildman–Crippen LogP) is 6.58. The van der Waals surface area contributed by atoms with Crippen molar-refractivity contribution >= 4 is 29.1 Å². The highest BCUT2D eigenvalue weighted by Gasteiger charge is 2.43. The van der Waals surface area contributed by atoms with E-state index in [1.807, 2.05) is 19.9 Å². The molecule has 0 radical (unpaired) electrons. The van der Waals surface area contributed by atoms with Gasteiger partial charge in [-0.15, -0.1) is 0 Å². The molecule has 0 aromatic heterocycles. The molecule has 5 nitrogen and oxygen atoms in total. The molecule has 0 spiro atoms. The van der Waals surface area contributed by atoms with Crippen LogP contribution in [-0.2, 0) is 15.0 Å². The largest absolute Gasteiger partial charge is 0.355 e. The van der Waals surface area contributed by atoms with Gasteiger partial charge in [-0.25, -0.2) is 4.39 Å². The Morgan fingerprint density at radius 3 is 2.47 bits per heavy atom. The number of carbonyl (C=O) groups is 2. The molecule has 0 atom stereocenters. The van der Waals surface area contributed by atoms with Crippen molar-refractivity contribution in [3.05, 3.63) is 63.9 Å². The Morgan fingerprint density at radius 1 is 1.11 bits per heavy atom. The lowest BCUT2D eigenvalue weighted by atomic mass is 9.78. The van der Waals surface area contributed by atoms with Gasteiger partial charge in [-0.3, -0.25) is 9.59 Å². The van der Waals surface area contributed by atoms with Gasteiger partial charge in [0.25, 0.3) is 0 Å². The molecule has 7 heteroatoms. The van der Waals surface area contributed by atoms with Crippen LogP contribution in [0.3, 0.4) is 0 Å². The zero-order valence-corrected chi connectivity index (χ0v) is 23.7. The van der Waals surface area contributed by atoms with Gasteiger partial charge < -0.3 is 15.5 Å². The minimum absolute atomic E-state index is 0.0159. The van der Waals surface area contributed by atoms with E-state index in [0.717, 1.165) is 75.8 Å². The van der Waals surface area contributed by atoms with Crippen LogP contribution >= 0.6 is 11.6 Å². The zero-order valence-electron chi connectivity index (χ0n) is 22.9. The van der Waals surface area contributed by atoms with E-state index < -0.39 is 5.41 Å². The smallest absolute Gasteiger partial charge is 0.230 e. The number of anilines is 1. The van der Waals surface area contributed by atoms with Crippen LogP contribution in [0.4, 0.5) is 10.1 Å². The molecule has 1 heterocycles. The lowest BCUT2D eigenvalue weighted by molar-refractivity contribution is -0.126. The third kappa shape index (κ3) is 6.58. The maximum atomic E-state index is 13.6. The van der Waals surface area contributed by atoms with Crippen molar-refractivity contribution in [3.63, 3.8) is 0 Å². The topological polar surface area (TPSA) is 61.4 Å². The monoisotopic (exact) mass is 541 g/mol. The standard InChI is InChI=1S/C31H41ClFN3O2/c1-21(2)29(37)35-25-9-7-22(3)26(20-25)23-11-17-36(18-12-23)16-6-15-34-30(38)31(13-4-5-14-31)27-10-8-24(33)19-28(27)32/h7-10,19-21,23H,4-6,11-18H2,1-3H3,(H,34,38)(H,35,37). The number of nitrogens with zero attached hydrogens (tertiary/aromatic N) is 1. The number of aryl methyl sites for hydroxylation is 1. The fourth-order valence-electron chi connectivity index (χ4n) is 6.06. The van der Waals surface area contributed by atoms with Gasteiger partial charge >= 0.3 is 0 Å². The van der Waals surface area contributed by atoms with Gasteiger partial charge in [-0.2, -0.15) is 0 Å². The molecule has 2 aromatic rings. The molecule has 2 aliphatic rings. The third-order valence-corrected chi connectivity index (χ3v) is 8.69. The number of rotatable bonds is 9. The number of halogens is 2. The fourth-order valence-corrected chi connectivity index (χ4v) is 6.41. The third-order valence-electron chi connectivity index (χ3n) is 8.37. The van der Waals surface area contributed by atoms with Crippen molar-refractivity contribution in [1.82, 2.24) is 10.2 Å². The molecule has 2 fully saturated rings. The predicted molar refractivity (Wildman–Crippen MR) is 152 cm³/mol. The van der Waals surface area contributed by atoms with Crippen LogP contribution in [0.1, 0.15) is 81.4 Å². The van der Waals surface area contributed by atoms with E-state index in [9.17, 15) is 14.0 Å². The van der Waals surface area contributed by atoms with E-state index >= 15 is 0 Å². The summed E-state index contributed by atoms with van der Waals surface area (Å²) < 4.78 is 13.6. The molecule has 2 N–H and O–H groups in total. The number of piperidine rings is 1. The number of hydrogen-bond acceptors (Lipinski definition) is 3. The summed E-state index contributed by atoms with van der Waals surface area (Å²) >= 11 is 6.37. The quantitative estimate of drug-likeness (QED) is 0.352. The number of nitrogens with one attached hydrogen (secondary N) is 2. The van der Waals surface area contributed by atoms with E-state index in [1.165, 1.54) is 23.3 Å². The number of benzene rings is 2. The first-order valence-electron chi connectivity index (χ1n) is 14.1. The first-order chi connectivity index (χ1) is 18.2. The van der Waals surface area contributed by atoms with Gasteiger partial charge in [0, 0.05) is 23.2 Å². The summed E-state index contributed by atoms with van der Waals surface area (Å²) in [4.78, 5) is 27.9. The molecular formula is C31H41ClFN3O2. The molecule has 0 unspecified atom stereocenters. The molecule has 1 aliphatic carbocycles. The number of amides is 2. The molecule has 1 saturated carbocycles. The summed E-state index contributed by atoms with van der Waals surface area (Å²) in [6, 6.07) is 10.6. The number of carbonyl (C=O) groups excluding carboxylic acids is 2. The maximum absolute atomic E-state index is 13.6. The summed E-state index contributed by atoms with van der Waals surface area (Å²) in [7, 11) is 0. The van der Waals surface area contributed by atoms with Gasteiger partial charge in [0.1, 0.15) is 5.82 Å². The van der Waals surface area contributed by atoms with Crippen molar-refractivity contribution in [2.75, 3.05) is 31.5 Å². The minimum atomic E-state index is -0.649. The van der Waals surface area contributed by atoms with Crippen LogP contribution in [0.2, 0.25) is 5.02 Å². The molecule has 2 aromatic carbocycles. The van der Waals surface area contributed by atoms with E-state index in [1.54, 1.807) is 6.07 Å². The molecule has 0 bridgehead atoms. The Bertz CT molecular complexity index is 1140. The van der Waals surface area contributed by atoms with Gasteiger partial charge in [0.15, 0.2) is 0 Å². The van der Waals surface area contributed by atoms with E-state index in [0.29, 0.717) is 17.5 Å². The van der Waals surface area contributed by atoms with Gasteiger partial charge in [-0.1, -0.05) is 50.4 Å². The summed E-state index contributed by atoms with van der Waals surface area (Å²) in [5.74, 6) is 0.127. The molecule has 38 heavy (non-hydrogen) atoms. The summed E-state index contributed by atoms with van der Waals surface area (Å²) in [5, 5.41) is 6.54. The second-order valence-electron chi connectivity index (χ2n) is 11.4. The normalized spacial score (nSPS) is 18.1. The van der Waals surface area contributed by atoms with Crippen LogP contribution in [0.25, 0.3) is 0 Å². The van der Waals surface area contributed by atoms with Gasteiger partial charge in [-0.05, 0) is 106 Å². The second-order valence-corrected chi connectivity index (χ2v) is 11.8. The van der Waals surface area contributed by atoms with Crippen molar-refractivity contribution in [2.24, 2.45) is 5.92 Å². The SMILES string of the molecule is Cc1ccc(NC(=O)C(C)C)cc1C1CCN(CCCNC(=O)C2(c3ccc(F)cc3Cl)CCCC2)CC1. The Hall–Kier alpha value is -2.44. The lowest BCUT2D eigenvalue weighted by Crippen LogP contribution is -2.44. The van der Waals surface area contributed by atoms with E-state index in [4.69, 9.17) is 11.6 Å². The lowest BCUT2D eigenvalue weighted by Gasteiger charge is -2.33. The average Bonchev–Trinajstić information content (AvgIpc) is 3.39. The Labute approximate surface area is 231 Å². The Kier molecular flexibility index (Phi) is 9.48. The molecule has 2 amide bonds. The highest BCUT2D eigenvalue weighted by atomic mass is 35.5. The molecule has 4 rings (SSSR count). The van der Waals surface area contributed by atoms with Crippen LogP contribution in [0.15, 0.2) is 36.4 Å². The van der Waals surface area contributed by atoms with Crippen LogP contribution < -0.4 is 10.6 Å². The highest BCUT2D eigenvalue weighted by Crippen LogP contribution is 2.44. The minimum Gasteiger partial charge on any atom is -0.355 e. The summed E-state index contributed by atoms with van der Waals surface area (Å²) in [6.45, 7) is 9.57. The van der Waals surface area contributed by atoms with Crippen molar-refractivity contribution in [3.8, 4) is 0 Å². The van der Waals surface area contributed by atoms with Crippen molar-refractivity contribution in [2.45, 2.75) is 77.0 Å². The Morgan fingerprint density at radius 2 is 1.82 bits per heavy atom. The Balaban J connectivity index is 1.25. The highest BCUT2D eigenvalue weighted by molar-refractivity contribution is 6.31. The van der Waals surface area contributed by atoms with Crippen LogP contribution in [0, 0.1) is 18.7 Å². The first-order valence-corrected chi connectivity index (χ1v) is 14.4. The van der Waals surface area contributed by atoms with Crippen molar-refractivity contribution < 1.29 is 14.0 Å². The molecular weight excluding hydrogens is 501 g/mol. The number of likely N-dealkylation sites (tertiary alicyclic amines) is 1. The summed E-state index contributed by atoms with van der Waals surface area (Å²) in [6.07, 6.45) is 6.51. The van der Waals surface area contributed by atoms with Gasteiger partial charge in [0.05, 0.1) is 5.41 Å². The van der Waals surface area contributed by atoms with Crippen molar-refractivity contribution in [1.29, 1.82) is 0 Å². The average molecular weight is 542 g/mol. The second kappa shape index (κ2) is 12.6.